The van der Waals surface area contributed by atoms with Gasteiger partial charge in [0.1, 0.15) is 5.82 Å². The van der Waals surface area contributed by atoms with Crippen LogP contribution in [0.2, 0.25) is 0 Å². The molecule has 0 saturated carbocycles. The molecule has 1 amide bonds. The molecule has 9 heteroatoms. The van der Waals surface area contributed by atoms with Gasteiger partial charge in [0, 0.05) is 44.2 Å². The molecule has 0 bridgehead atoms. The van der Waals surface area contributed by atoms with E-state index in [4.69, 9.17) is 19.8 Å². The van der Waals surface area contributed by atoms with E-state index in [1.165, 1.54) is 6.07 Å². The molecule has 2 aliphatic rings. The maximum atomic E-state index is 13.8. The third-order valence-electron chi connectivity index (χ3n) is 5.60. The van der Waals surface area contributed by atoms with Crippen molar-refractivity contribution in [3.63, 3.8) is 0 Å². The highest BCUT2D eigenvalue weighted by Crippen LogP contribution is 2.22. The quantitative estimate of drug-likeness (QED) is 0.705. The molecule has 0 radical (unpaired) electrons. The summed E-state index contributed by atoms with van der Waals surface area (Å²) in [7, 11) is 0. The van der Waals surface area contributed by atoms with Gasteiger partial charge in [-0.3, -0.25) is 9.69 Å². The van der Waals surface area contributed by atoms with Crippen molar-refractivity contribution in [3.8, 4) is 0 Å². The van der Waals surface area contributed by atoms with Gasteiger partial charge in [0.15, 0.2) is 0 Å². The van der Waals surface area contributed by atoms with Gasteiger partial charge in [0.25, 0.3) is 0 Å². The molecule has 0 aliphatic carbocycles. The summed E-state index contributed by atoms with van der Waals surface area (Å²) in [5.41, 5.74) is 0.748. The lowest BCUT2D eigenvalue weighted by molar-refractivity contribution is -0.159. The minimum Gasteiger partial charge on any atom is -0.473 e. The van der Waals surface area contributed by atoms with Crippen LogP contribution in [0.25, 0.3) is 0 Å². The molecular weight excluding hydrogens is 393 g/mol. The third-order valence-corrected chi connectivity index (χ3v) is 5.60. The van der Waals surface area contributed by atoms with E-state index in [9.17, 15) is 9.18 Å². The first-order valence-corrected chi connectivity index (χ1v) is 10.2. The van der Waals surface area contributed by atoms with Crippen LogP contribution in [0.4, 0.5) is 4.39 Å². The zero-order valence-corrected chi connectivity index (χ0v) is 17.3. The van der Waals surface area contributed by atoms with E-state index < -0.39 is 11.9 Å². The van der Waals surface area contributed by atoms with Gasteiger partial charge in [-0.05, 0) is 38.5 Å². The average Bonchev–Trinajstić information content (AvgIpc) is 2.76. The summed E-state index contributed by atoms with van der Waals surface area (Å²) in [6.45, 7) is 9.34. The number of carboxylic acids is 2. The highest BCUT2D eigenvalue weighted by molar-refractivity contribution is 6.27. The molecule has 2 N–H and O–H groups in total. The number of likely N-dealkylation sites (N-methyl/N-ethyl adjacent to an activating group) is 1. The number of amides is 1. The first-order valence-electron chi connectivity index (χ1n) is 10.2. The highest BCUT2D eigenvalue weighted by atomic mass is 19.1. The summed E-state index contributed by atoms with van der Waals surface area (Å²) in [5.74, 6) is -3.30. The lowest BCUT2D eigenvalue weighted by Crippen LogP contribution is -2.51. The average molecular weight is 423 g/mol. The minimum absolute atomic E-state index is 0.135. The van der Waals surface area contributed by atoms with Crippen molar-refractivity contribution >= 4 is 17.8 Å². The summed E-state index contributed by atoms with van der Waals surface area (Å²) in [6, 6.07) is 6.97. The number of carboxylic acid groups (broad SMARTS) is 2. The van der Waals surface area contributed by atoms with Gasteiger partial charge in [0.2, 0.25) is 5.91 Å². The van der Waals surface area contributed by atoms with Crippen molar-refractivity contribution in [2.45, 2.75) is 26.3 Å². The molecule has 0 unspecified atom stereocenters. The molecule has 30 heavy (non-hydrogen) atoms. The summed E-state index contributed by atoms with van der Waals surface area (Å²) >= 11 is 0. The number of nitrogens with zero attached hydrogens (tertiary/aromatic N) is 3. The van der Waals surface area contributed by atoms with Crippen LogP contribution in [0.1, 0.15) is 25.3 Å². The number of piperazine rings is 1. The third kappa shape index (κ3) is 7.07. The molecule has 2 heterocycles. The molecule has 1 aromatic carbocycles. The Balaban J connectivity index is 0.000000469. The van der Waals surface area contributed by atoms with Crippen molar-refractivity contribution in [1.29, 1.82) is 0 Å². The molecule has 166 valence electrons. The topological polar surface area (TPSA) is 101 Å². The number of likely N-dealkylation sites (tertiary alicyclic amines) is 1. The Kier molecular flexibility index (Phi) is 9.19. The number of halogens is 1. The second-order valence-corrected chi connectivity index (χ2v) is 7.51. The Morgan fingerprint density at radius 1 is 0.933 bits per heavy atom. The highest BCUT2D eigenvalue weighted by Gasteiger charge is 2.30. The summed E-state index contributed by atoms with van der Waals surface area (Å²) in [5, 5.41) is 14.8. The van der Waals surface area contributed by atoms with Crippen LogP contribution in [-0.4, -0.2) is 88.6 Å². The number of aliphatic carboxylic acids is 2. The minimum atomic E-state index is -1.82. The van der Waals surface area contributed by atoms with E-state index in [0.717, 1.165) is 64.2 Å². The number of carbonyl (C=O) groups is 3. The summed E-state index contributed by atoms with van der Waals surface area (Å²) in [4.78, 5) is 37.6. The molecule has 0 aromatic heterocycles. The zero-order chi connectivity index (χ0) is 22.1. The van der Waals surface area contributed by atoms with Gasteiger partial charge in [-0.2, -0.15) is 0 Å². The van der Waals surface area contributed by atoms with Gasteiger partial charge >= 0.3 is 11.9 Å². The number of piperidine rings is 1. The SMILES string of the molecule is CCN1CCN(C(=O)C2CCN(Cc3ccccc3F)CC2)CC1.O=C(O)C(=O)O. The Bertz CT molecular complexity index is 717. The van der Waals surface area contributed by atoms with Crippen molar-refractivity contribution < 1.29 is 29.0 Å². The number of carbonyl (C=O) groups excluding carboxylic acids is 1. The van der Waals surface area contributed by atoms with Crippen LogP contribution in [0, 0.1) is 11.7 Å². The number of benzene rings is 1. The lowest BCUT2D eigenvalue weighted by atomic mass is 9.94. The van der Waals surface area contributed by atoms with Crippen LogP contribution in [-0.2, 0) is 20.9 Å². The second-order valence-electron chi connectivity index (χ2n) is 7.51. The van der Waals surface area contributed by atoms with Crippen LogP contribution in [0.5, 0.6) is 0 Å². The van der Waals surface area contributed by atoms with E-state index in [2.05, 4.69) is 16.7 Å². The van der Waals surface area contributed by atoms with Gasteiger partial charge in [0.05, 0.1) is 0 Å². The summed E-state index contributed by atoms with van der Waals surface area (Å²) < 4.78 is 13.8. The molecule has 0 spiro atoms. The van der Waals surface area contributed by atoms with Crippen molar-refractivity contribution in [3.05, 3.63) is 35.6 Å². The second kappa shape index (κ2) is 11.6. The maximum Gasteiger partial charge on any atom is 0.414 e. The number of rotatable bonds is 4. The largest absolute Gasteiger partial charge is 0.473 e. The van der Waals surface area contributed by atoms with Crippen LogP contribution >= 0.6 is 0 Å². The fourth-order valence-electron chi connectivity index (χ4n) is 3.75. The monoisotopic (exact) mass is 423 g/mol. The van der Waals surface area contributed by atoms with E-state index >= 15 is 0 Å². The van der Waals surface area contributed by atoms with Gasteiger partial charge in [-0.15, -0.1) is 0 Å². The van der Waals surface area contributed by atoms with Crippen LogP contribution < -0.4 is 0 Å². The molecule has 1 aromatic rings. The van der Waals surface area contributed by atoms with E-state index in [1.807, 2.05) is 17.0 Å². The Hall–Kier alpha value is -2.52. The molecule has 2 fully saturated rings. The first-order chi connectivity index (χ1) is 14.3. The predicted octanol–water partition coefficient (Wildman–Crippen LogP) is 1.36. The smallest absolute Gasteiger partial charge is 0.414 e. The van der Waals surface area contributed by atoms with Crippen LogP contribution in [0.3, 0.4) is 0 Å². The van der Waals surface area contributed by atoms with Crippen molar-refractivity contribution in [2.75, 3.05) is 45.8 Å². The predicted molar refractivity (Wildman–Crippen MR) is 108 cm³/mol. The van der Waals surface area contributed by atoms with Gasteiger partial charge < -0.3 is 20.0 Å². The van der Waals surface area contributed by atoms with Crippen LogP contribution in [0.15, 0.2) is 24.3 Å². The normalized spacial score (nSPS) is 18.4. The number of hydrogen-bond donors (Lipinski definition) is 2. The molecule has 2 saturated heterocycles. The van der Waals surface area contributed by atoms with Gasteiger partial charge in [-0.25, -0.2) is 14.0 Å². The fourth-order valence-corrected chi connectivity index (χ4v) is 3.75. The zero-order valence-electron chi connectivity index (χ0n) is 17.3. The molecule has 2 aliphatic heterocycles. The molecule has 0 atom stereocenters. The molecular formula is C21H30FN3O5. The Labute approximate surface area is 175 Å². The maximum absolute atomic E-state index is 13.8. The fraction of sp³-hybridized carbons (Fsp3) is 0.571. The van der Waals surface area contributed by atoms with Crippen molar-refractivity contribution in [2.24, 2.45) is 5.92 Å². The Morgan fingerprint density at radius 3 is 2.00 bits per heavy atom. The summed E-state index contributed by atoms with van der Waals surface area (Å²) in [6.07, 6.45) is 1.78. The van der Waals surface area contributed by atoms with Crippen molar-refractivity contribution in [1.82, 2.24) is 14.7 Å². The van der Waals surface area contributed by atoms with Gasteiger partial charge in [-0.1, -0.05) is 25.1 Å². The molecule has 3 rings (SSSR count). The Morgan fingerprint density at radius 2 is 1.50 bits per heavy atom. The number of hydrogen-bond acceptors (Lipinski definition) is 5. The lowest BCUT2D eigenvalue weighted by Gasteiger charge is -2.38. The standard InChI is InChI=1S/C19H28FN3O.C2H2O4/c1-2-21-11-13-23(14-12-21)19(24)16-7-9-22(10-8-16)15-17-5-3-4-6-18(17)20;3-1(4)2(5)6/h3-6,16H,2,7-15H2,1H3;(H,3,4)(H,5,6). The van der Waals surface area contributed by atoms with E-state index in [-0.39, 0.29) is 11.7 Å². The first kappa shape index (κ1) is 23.8. The van der Waals surface area contributed by atoms with E-state index in [1.54, 1.807) is 6.07 Å². The van der Waals surface area contributed by atoms with E-state index in [0.29, 0.717) is 12.5 Å². The molecule has 8 nitrogen and oxygen atoms in total.